The minimum atomic E-state index is -1.29. The van der Waals surface area contributed by atoms with Crippen LogP contribution in [-0.4, -0.2) is 59.4 Å². The molecular weight excluding hydrogens is 427 g/mol. The molecule has 0 aromatic carbocycles. The fourth-order valence-corrected chi connectivity index (χ4v) is 17.6. The van der Waals surface area contributed by atoms with E-state index in [9.17, 15) is 0 Å². The molecule has 0 rings (SSSR count). The molecule has 0 saturated carbocycles. The molecule has 0 spiro atoms. The summed E-state index contributed by atoms with van der Waals surface area (Å²) in [5.74, 6) is -1.29. The van der Waals surface area contributed by atoms with Crippen molar-refractivity contribution in [2.45, 2.75) is 78.0 Å². The molecule has 17 heavy (non-hydrogen) atoms. The molecule has 0 aromatic heterocycles. The molecule has 0 unspecified atom stereocenters. The van der Waals surface area contributed by atoms with Crippen molar-refractivity contribution in [2.24, 2.45) is 4.52 Å². The van der Waals surface area contributed by atoms with Gasteiger partial charge in [-0.25, -0.2) is 0 Å². The van der Waals surface area contributed by atoms with Crippen molar-refractivity contribution in [3.8, 4) is 0 Å². The third-order valence-electron chi connectivity index (χ3n) is 3.24. The maximum atomic E-state index is 5.51. The van der Waals surface area contributed by atoms with E-state index in [-0.39, 0.29) is 0 Å². The number of hydrogen-bond donors (Lipinski definition) is 0. The standard InChI is InChI=1S/C12H28NP2SeTe/c1-9(2)14(16,10(3)4)13-15(17,11(5)6)12(7)8/h9-12H,1-8H3/q-1. The first kappa shape index (κ1) is 19.0. The molecule has 0 atom stereocenters. The van der Waals surface area contributed by atoms with Crippen LogP contribution in [0.15, 0.2) is 4.52 Å². The van der Waals surface area contributed by atoms with Crippen LogP contribution in [0.1, 0.15) is 55.4 Å². The van der Waals surface area contributed by atoms with Gasteiger partial charge in [-0.3, -0.25) is 0 Å². The Bertz CT molecular complexity index is 324. The van der Waals surface area contributed by atoms with Gasteiger partial charge in [-0.1, -0.05) is 0 Å². The van der Waals surface area contributed by atoms with Crippen LogP contribution in [0.25, 0.3) is 0 Å². The normalized spacial score (nSPS) is 14.2. The van der Waals surface area contributed by atoms with Crippen LogP contribution in [0, 0.1) is 0 Å². The third kappa shape index (κ3) is 4.48. The van der Waals surface area contributed by atoms with Gasteiger partial charge in [0.1, 0.15) is 0 Å². The molecule has 0 aliphatic carbocycles. The zero-order valence-corrected chi connectivity index (χ0v) is 18.3. The SMILES string of the molecule is CC(C)P(=[Te])(N=P([Se-])(C(C)C)C(C)C)C(C)C. The van der Waals surface area contributed by atoms with Crippen LogP contribution < -0.4 is 0 Å². The quantitative estimate of drug-likeness (QED) is 0.413. The summed E-state index contributed by atoms with van der Waals surface area (Å²) >= 11 is 5.89. The maximum absolute atomic E-state index is 5.51. The van der Waals surface area contributed by atoms with Crippen molar-refractivity contribution in [1.29, 1.82) is 0 Å². The van der Waals surface area contributed by atoms with Gasteiger partial charge in [0.2, 0.25) is 0 Å². The second kappa shape index (κ2) is 7.11. The molecule has 0 bridgehead atoms. The second-order valence-corrected chi connectivity index (χ2v) is 22.0. The van der Waals surface area contributed by atoms with Gasteiger partial charge in [-0.15, -0.1) is 0 Å². The van der Waals surface area contributed by atoms with Crippen molar-refractivity contribution < 1.29 is 0 Å². The second-order valence-electron chi connectivity index (χ2n) is 5.81. The molecule has 0 fully saturated rings. The van der Waals surface area contributed by atoms with E-state index in [1.54, 1.807) is 0 Å². The first-order chi connectivity index (χ1) is 7.48. The van der Waals surface area contributed by atoms with Crippen molar-refractivity contribution in [3.63, 3.8) is 0 Å². The Balaban J connectivity index is 5.83. The first-order valence-corrected chi connectivity index (χ1v) is 15.4. The third-order valence-corrected chi connectivity index (χ3v) is 27.2. The molecule has 0 aromatic rings. The van der Waals surface area contributed by atoms with Gasteiger partial charge in [0.15, 0.2) is 0 Å². The number of rotatable bonds is 5. The van der Waals surface area contributed by atoms with Gasteiger partial charge in [0.25, 0.3) is 0 Å². The van der Waals surface area contributed by atoms with Gasteiger partial charge >= 0.3 is 130 Å². The van der Waals surface area contributed by atoms with Crippen molar-refractivity contribution in [2.75, 3.05) is 0 Å². The van der Waals surface area contributed by atoms with Crippen LogP contribution in [0.4, 0.5) is 0 Å². The van der Waals surface area contributed by atoms with Crippen LogP contribution in [0.3, 0.4) is 0 Å². The van der Waals surface area contributed by atoms with E-state index >= 15 is 0 Å². The van der Waals surface area contributed by atoms with Gasteiger partial charge in [-0.05, 0) is 0 Å². The van der Waals surface area contributed by atoms with Gasteiger partial charge in [0.05, 0.1) is 0 Å². The van der Waals surface area contributed by atoms with Crippen LogP contribution in [-0.2, 0) is 0 Å². The molecule has 104 valence electrons. The number of nitrogens with zero attached hydrogens (tertiary/aromatic N) is 1. The Kier molecular flexibility index (Phi) is 7.94. The Labute approximate surface area is 129 Å². The minimum absolute atomic E-state index is 0.668. The van der Waals surface area contributed by atoms with Crippen LogP contribution >= 0.6 is 10.4 Å². The van der Waals surface area contributed by atoms with E-state index in [1.165, 1.54) is 0 Å². The summed E-state index contributed by atoms with van der Waals surface area (Å²) in [5.41, 5.74) is 2.75. The zero-order valence-electron chi connectivity index (χ0n) is 12.5. The van der Waals surface area contributed by atoms with Crippen LogP contribution in [0.5, 0.6) is 0 Å². The topological polar surface area (TPSA) is 12.4 Å². The predicted octanol–water partition coefficient (Wildman–Crippen LogP) is 4.92. The molecule has 5 heteroatoms. The Hall–Kier alpha value is 1.97. The van der Waals surface area contributed by atoms with Gasteiger partial charge in [-0.2, -0.15) is 0 Å². The molecule has 0 saturated heterocycles. The van der Waals surface area contributed by atoms with E-state index in [0.29, 0.717) is 22.6 Å². The molecule has 1 nitrogen and oxygen atoms in total. The summed E-state index contributed by atoms with van der Waals surface area (Å²) in [7, 11) is 0. The van der Waals surface area contributed by atoms with E-state index in [4.69, 9.17) is 4.52 Å². The van der Waals surface area contributed by atoms with Crippen molar-refractivity contribution >= 4 is 47.2 Å². The number of hydrogen-bond acceptors (Lipinski definition) is 1. The Morgan fingerprint density at radius 2 is 1.06 bits per heavy atom. The Morgan fingerprint density at radius 3 is 1.24 bits per heavy atom. The molecule has 0 heterocycles. The van der Waals surface area contributed by atoms with E-state index in [0.717, 1.165) is 0 Å². The first-order valence-electron chi connectivity index (χ1n) is 6.42. The summed E-state index contributed by atoms with van der Waals surface area (Å²) < 4.78 is 4.32. The average Bonchev–Trinajstić information content (AvgIpc) is 2.15. The van der Waals surface area contributed by atoms with Crippen molar-refractivity contribution in [1.82, 2.24) is 0 Å². The molecule has 0 N–H and O–H groups in total. The van der Waals surface area contributed by atoms with Gasteiger partial charge in [0, 0.05) is 0 Å². The Morgan fingerprint density at radius 1 is 0.765 bits per heavy atom. The fraction of sp³-hybridized carbons (Fsp3) is 1.00. The molecule has 0 radical (unpaired) electrons. The summed E-state index contributed by atoms with van der Waals surface area (Å²) in [4.78, 5) is 0. The summed E-state index contributed by atoms with van der Waals surface area (Å²) in [6, 6.07) is 0. The molecule has 0 amide bonds. The predicted molar refractivity (Wildman–Crippen MR) is 88.3 cm³/mol. The van der Waals surface area contributed by atoms with E-state index in [1.807, 2.05) is 0 Å². The van der Waals surface area contributed by atoms with Crippen LogP contribution in [0.2, 0.25) is 0 Å². The molecular formula is C12H28NP2SeTe-. The molecule has 0 aliphatic rings. The summed E-state index contributed by atoms with van der Waals surface area (Å²) in [5, 5.41) is 0. The van der Waals surface area contributed by atoms with Gasteiger partial charge < -0.3 is 0 Å². The molecule has 0 aliphatic heterocycles. The zero-order chi connectivity index (χ0) is 14.0. The monoisotopic (exact) mass is 458 g/mol. The van der Waals surface area contributed by atoms with E-state index in [2.05, 4.69) is 92.2 Å². The van der Waals surface area contributed by atoms with Crippen molar-refractivity contribution in [3.05, 3.63) is 0 Å². The van der Waals surface area contributed by atoms with E-state index < -0.39 is 10.4 Å². The fourth-order valence-electron chi connectivity index (χ4n) is 1.82. The average molecular weight is 455 g/mol. The summed E-state index contributed by atoms with van der Waals surface area (Å²) in [6.07, 6.45) is 0. The summed E-state index contributed by atoms with van der Waals surface area (Å²) in [6.45, 7) is 18.7.